The highest BCUT2D eigenvalue weighted by Gasteiger charge is 2.10. The molecule has 3 rings (SSSR count). The molecule has 112 valence electrons. The van der Waals surface area contributed by atoms with Crippen LogP contribution in [0, 0.1) is 24.7 Å². The minimum absolute atomic E-state index is 0.156. The second kappa shape index (κ2) is 6.50. The second-order valence-corrected chi connectivity index (χ2v) is 4.52. The lowest BCUT2D eigenvalue weighted by Crippen LogP contribution is -1.98. The molecule has 1 N–H and O–H groups in total. The van der Waals surface area contributed by atoms with E-state index in [9.17, 15) is 0 Å². The number of aromatic nitrogens is 4. The highest BCUT2D eigenvalue weighted by Crippen LogP contribution is 2.29. The van der Waals surface area contributed by atoms with E-state index in [0.717, 1.165) is 5.56 Å². The first-order valence-electron chi connectivity index (χ1n) is 6.74. The van der Waals surface area contributed by atoms with Crippen LogP contribution >= 0.6 is 0 Å². The smallest absolute Gasteiger partial charge is 0.161 e. The molecule has 0 amide bonds. The second-order valence-electron chi connectivity index (χ2n) is 4.52. The number of aromatic amines is 1. The van der Waals surface area contributed by atoms with Crippen LogP contribution in [0.15, 0.2) is 30.7 Å². The average Bonchev–Trinajstić information content (AvgIpc) is 3.02. The van der Waals surface area contributed by atoms with E-state index in [2.05, 4.69) is 31.8 Å². The van der Waals surface area contributed by atoms with Crippen LogP contribution in [-0.4, -0.2) is 33.1 Å². The van der Waals surface area contributed by atoms with Crippen molar-refractivity contribution < 1.29 is 9.47 Å². The van der Waals surface area contributed by atoms with Gasteiger partial charge in [-0.2, -0.15) is 0 Å². The average molecular weight is 304 g/mol. The van der Waals surface area contributed by atoms with Gasteiger partial charge in [-0.3, -0.25) is 0 Å². The standard InChI is InChI=1S/C17H12N4O2/c1-3-5-22-13-7-12(8-14(9-13)23-6-4-2)16-20-15-10-18-11-19-17(15)21-16/h1-2,7-11H,5-6H2,(H,18,19,20,21). The summed E-state index contributed by atoms with van der Waals surface area (Å²) in [6.45, 7) is 0.313. The molecule has 3 aromatic rings. The van der Waals surface area contributed by atoms with Gasteiger partial charge in [0.1, 0.15) is 42.4 Å². The number of terminal acetylenes is 2. The third kappa shape index (κ3) is 3.22. The number of ether oxygens (including phenoxy) is 2. The van der Waals surface area contributed by atoms with Gasteiger partial charge in [0.25, 0.3) is 0 Å². The van der Waals surface area contributed by atoms with E-state index in [1.165, 1.54) is 6.33 Å². The third-order valence-corrected chi connectivity index (χ3v) is 2.96. The summed E-state index contributed by atoms with van der Waals surface area (Å²) in [4.78, 5) is 15.7. The summed E-state index contributed by atoms with van der Waals surface area (Å²) in [5, 5.41) is 0. The zero-order valence-electron chi connectivity index (χ0n) is 12.1. The Balaban J connectivity index is 2.02. The summed E-state index contributed by atoms with van der Waals surface area (Å²) in [5.41, 5.74) is 2.09. The third-order valence-electron chi connectivity index (χ3n) is 2.96. The highest BCUT2D eigenvalue weighted by molar-refractivity contribution is 5.75. The minimum Gasteiger partial charge on any atom is -0.481 e. The monoisotopic (exact) mass is 304 g/mol. The zero-order chi connectivity index (χ0) is 16.1. The Morgan fingerprint density at radius 3 is 2.35 bits per heavy atom. The first kappa shape index (κ1) is 14.4. The number of imidazole rings is 1. The molecule has 0 atom stereocenters. The van der Waals surface area contributed by atoms with Crippen molar-refractivity contribution in [2.75, 3.05) is 13.2 Å². The van der Waals surface area contributed by atoms with Crippen molar-refractivity contribution in [2.24, 2.45) is 0 Å². The molecule has 6 nitrogen and oxygen atoms in total. The maximum absolute atomic E-state index is 5.47. The first-order valence-corrected chi connectivity index (χ1v) is 6.74. The molecule has 0 saturated carbocycles. The van der Waals surface area contributed by atoms with Gasteiger partial charge in [0.15, 0.2) is 5.65 Å². The lowest BCUT2D eigenvalue weighted by atomic mass is 10.2. The summed E-state index contributed by atoms with van der Waals surface area (Å²) in [7, 11) is 0. The normalized spacial score (nSPS) is 10.0. The van der Waals surface area contributed by atoms with E-state index in [1.54, 1.807) is 12.3 Å². The number of H-pyrrole nitrogens is 1. The quantitative estimate of drug-likeness (QED) is 0.730. The summed E-state index contributed by atoms with van der Waals surface area (Å²) in [5.74, 6) is 6.60. The molecule has 0 bridgehead atoms. The number of nitrogens with zero attached hydrogens (tertiary/aromatic N) is 3. The topological polar surface area (TPSA) is 72.9 Å². The van der Waals surface area contributed by atoms with Crippen LogP contribution < -0.4 is 9.47 Å². The molecule has 0 aliphatic heterocycles. The highest BCUT2D eigenvalue weighted by atomic mass is 16.5. The van der Waals surface area contributed by atoms with E-state index in [0.29, 0.717) is 28.5 Å². The Morgan fingerprint density at radius 1 is 1.04 bits per heavy atom. The van der Waals surface area contributed by atoms with Gasteiger partial charge >= 0.3 is 0 Å². The molecule has 23 heavy (non-hydrogen) atoms. The van der Waals surface area contributed by atoms with E-state index in [4.69, 9.17) is 22.3 Å². The molecule has 0 aliphatic carbocycles. The Hall–Kier alpha value is -3.51. The van der Waals surface area contributed by atoms with Crippen molar-refractivity contribution >= 4 is 11.2 Å². The largest absolute Gasteiger partial charge is 0.481 e. The Labute approximate surface area is 132 Å². The van der Waals surface area contributed by atoms with Gasteiger partial charge in [-0.25, -0.2) is 15.0 Å². The van der Waals surface area contributed by atoms with Crippen LogP contribution in [0.5, 0.6) is 11.5 Å². The summed E-state index contributed by atoms with van der Waals surface area (Å²) in [6, 6.07) is 5.34. The number of benzene rings is 1. The molecular weight excluding hydrogens is 292 g/mol. The molecule has 0 spiro atoms. The number of fused-ring (bicyclic) bond motifs is 1. The van der Waals surface area contributed by atoms with Gasteiger partial charge in [-0.1, -0.05) is 11.8 Å². The van der Waals surface area contributed by atoms with E-state index < -0.39 is 0 Å². The Morgan fingerprint density at radius 2 is 1.74 bits per heavy atom. The Bertz CT molecular complexity index is 849. The van der Waals surface area contributed by atoms with Crippen molar-refractivity contribution in [3.8, 4) is 47.6 Å². The number of rotatable bonds is 5. The van der Waals surface area contributed by atoms with Crippen LogP contribution in [0.25, 0.3) is 22.6 Å². The van der Waals surface area contributed by atoms with Crippen LogP contribution in [-0.2, 0) is 0 Å². The number of hydrogen-bond acceptors (Lipinski definition) is 5. The van der Waals surface area contributed by atoms with Gasteiger partial charge in [0.2, 0.25) is 0 Å². The summed E-state index contributed by atoms with van der Waals surface area (Å²) in [6.07, 6.45) is 13.5. The fraction of sp³-hybridized carbons (Fsp3) is 0.118. The van der Waals surface area contributed by atoms with Gasteiger partial charge in [-0.05, 0) is 12.1 Å². The molecule has 6 heteroatoms. The van der Waals surface area contributed by atoms with Gasteiger partial charge < -0.3 is 14.5 Å². The van der Waals surface area contributed by atoms with Crippen LogP contribution in [0.1, 0.15) is 0 Å². The molecule has 1 aromatic carbocycles. The predicted octanol–water partition coefficient (Wildman–Crippen LogP) is 2.04. The van der Waals surface area contributed by atoms with E-state index >= 15 is 0 Å². The molecular formula is C17H12N4O2. The van der Waals surface area contributed by atoms with Gasteiger partial charge in [0, 0.05) is 11.6 Å². The maximum atomic E-state index is 5.47. The SMILES string of the molecule is C#CCOc1cc(OCC#C)cc(-c2nc3cncnc3[nH]2)c1. The van der Waals surface area contributed by atoms with Crippen molar-refractivity contribution in [3.05, 3.63) is 30.7 Å². The molecule has 0 saturated heterocycles. The molecule has 0 aliphatic rings. The molecule has 2 aromatic heterocycles. The van der Waals surface area contributed by atoms with Crippen molar-refractivity contribution in [2.45, 2.75) is 0 Å². The molecule has 0 fully saturated rings. The van der Waals surface area contributed by atoms with E-state index in [1.807, 2.05) is 12.1 Å². The molecule has 2 heterocycles. The fourth-order valence-electron chi connectivity index (χ4n) is 2.02. The van der Waals surface area contributed by atoms with Crippen molar-refractivity contribution in [3.63, 3.8) is 0 Å². The summed E-state index contributed by atoms with van der Waals surface area (Å²) < 4.78 is 10.9. The molecule has 0 radical (unpaired) electrons. The number of hydrogen-bond donors (Lipinski definition) is 1. The van der Waals surface area contributed by atoms with Crippen molar-refractivity contribution in [1.29, 1.82) is 0 Å². The lowest BCUT2D eigenvalue weighted by Gasteiger charge is -2.09. The molecule has 0 unspecified atom stereocenters. The first-order chi connectivity index (χ1) is 11.3. The minimum atomic E-state index is 0.156. The van der Waals surface area contributed by atoms with Gasteiger partial charge in [-0.15, -0.1) is 12.8 Å². The van der Waals surface area contributed by atoms with Crippen LogP contribution in [0.3, 0.4) is 0 Å². The Kier molecular flexibility index (Phi) is 4.08. The number of nitrogens with one attached hydrogen (secondary N) is 1. The summed E-state index contributed by atoms with van der Waals surface area (Å²) >= 11 is 0. The van der Waals surface area contributed by atoms with Crippen molar-refractivity contribution in [1.82, 2.24) is 19.9 Å². The lowest BCUT2D eigenvalue weighted by molar-refractivity contribution is 0.352. The van der Waals surface area contributed by atoms with E-state index in [-0.39, 0.29) is 13.2 Å². The van der Waals surface area contributed by atoms with Crippen LogP contribution in [0.2, 0.25) is 0 Å². The van der Waals surface area contributed by atoms with Crippen LogP contribution in [0.4, 0.5) is 0 Å². The maximum Gasteiger partial charge on any atom is 0.161 e. The predicted molar refractivity (Wildman–Crippen MR) is 85.8 cm³/mol. The zero-order valence-corrected chi connectivity index (χ0v) is 12.1. The van der Waals surface area contributed by atoms with Gasteiger partial charge in [0.05, 0.1) is 6.20 Å². The fourth-order valence-corrected chi connectivity index (χ4v) is 2.02.